The zero-order chi connectivity index (χ0) is 19.4. The van der Waals surface area contributed by atoms with Crippen LogP contribution in [0, 0.1) is 0 Å². The molecular formula is C20H34O6. The number of ether oxygens (including phenoxy) is 1. The van der Waals surface area contributed by atoms with E-state index in [1.807, 2.05) is 12.2 Å². The SMILES string of the molecule is CCCCC[C@@H](O)/C=C/[C@@H]1O[C@@H]([C@@H](O)C/C=C\CCCC(=O)O)C[C@@H]1O. The van der Waals surface area contributed by atoms with Gasteiger partial charge in [-0.1, -0.05) is 50.5 Å². The topological polar surface area (TPSA) is 107 Å². The predicted octanol–water partition coefficient (Wildman–Crippen LogP) is 2.56. The van der Waals surface area contributed by atoms with E-state index in [0.717, 1.165) is 19.3 Å². The number of carboxylic acid groups (broad SMARTS) is 1. The first-order valence-corrected chi connectivity index (χ1v) is 9.68. The Morgan fingerprint density at radius 3 is 2.69 bits per heavy atom. The molecule has 0 amide bonds. The number of aliphatic hydroxyl groups is 3. The van der Waals surface area contributed by atoms with Crippen LogP contribution in [0.4, 0.5) is 0 Å². The van der Waals surface area contributed by atoms with Gasteiger partial charge >= 0.3 is 5.97 Å². The van der Waals surface area contributed by atoms with Crippen LogP contribution >= 0.6 is 0 Å². The molecule has 4 N–H and O–H groups in total. The summed E-state index contributed by atoms with van der Waals surface area (Å²) in [4.78, 5) is 10.4. The fourth-order valence-corrected chi connectivity index (χ4v) is 2.96. The van der Waals surface area contributed by atoms with Gasteiger partial charge in [-0.05, 0) is 25.7 Å². The molecule has 0 aromatic heterocycles. The van der Waals surface area contributed by atoms with Crippen LogP contribution < -0.4 is 0 Å². The summed E-state index contributed by atoms with van der Waals surface area (Å²) >= 11 is 0. The van der Waals surface area contributed by atoms with Crippen molar-refractivity contribution >= 4 is 5.97 Å². The number of rotatable bonds is 13. The van der Waals surface area contributed by atoms with E-state index in [-0.39, 0.29) is 6.42 Å². The minimum absolute atomic E-state index is 0.142. The number of allylic oxidation sites excluding steroid dienone is 1. The van der Waals surface area contributed by atoms with Crippen molar-refractivity contribution in [3.8, 4) is 0 Å². The first-order valence-electron chi connectivity index (χ1n) is 9.68. The van der Waals surface area contributed by atoms with Crippen LogP contribution in [0.3, 0.4) is 0 Å². The van der Waals surface area contributed by atoms with E-state index in [0.29, 0.717) is 32.1 Å². The number of carbonyl (C=O) groups is 1. The van der Waals surface area contributed by atoms with Crippen molar-refractivity contribution in [3.63, 3.8) is 0 Å². The van der Waals surface area contributed by atoms with Gasteiger partial charge in [0.15, 0.2) is 0 Å². The Morgan fingerprint density at radius 1 is 1.23 bits per heavy atom. The van der Waals surface area contributed by atoms with Gasteiger partial charge in [0.25, 0.3) is 0 Å². The Bertz CT molecular complexity index is 448. The maximum absolute atomic E-state index is 10.4. The zero-order valence-electron chi connectivity index (χ0n) is 15.7. The number of unbranched alkanes of at least 4 members (excludes halogenated alkanes) is 3. The van der Waals surface area contributed by atoms with Gasteiger partial charge in [0.05, 0.1) is 24.4 Å². The van der Waals surface area contributed by atoms with Gasteiger partial charge in [-0.25, -0.2) is 0 Å². The van der Waals surface area contributed by atoms with E-state index < -0.39 is 36.5 Å². The van der Waals surface area contributed by atoms with Crippen LogP contribution in [0.2, 0.25) is 0 Å². The third kappa shape index (κ3) is 9.48. The second-order valence-electron chi connectivity index (χ2n) is 6.95. The lowest BCUT2D eigenvalue weighted by atomic mass is 10.0. The van der Waals surface area contributed by atoms with Gasteiger partial charge in [-0.2, -0.15) is 0 Å². The maximum Gasteiger partial charge on any atom is 0.303 e. The number of aliphatic carboxylic acids is 1. The van der Waals surface area contributed by atoms with Crippen LogP contribution in [-0.2, 0) is 9.53 Å². The van der Waals surface area contributed by atoms with Crippen LogP contribution in [0.15, 0.2) is 24.3 Å². The summed E-state index contributed by atoms with van der Waals surface area (Å²) in [6.07, 6.45) is 10.2. The lowest BCUT2D eigenvalue weighted by molar-refractivity contribution is -0.137. The highest BCUT2D eigenvalue weighted by Crippen LogP contribution is 2.25. The van der Waals surface area contributed by atoms with E-state index in [4.69, 9.17) is 9.84 Å². The molecule has 1 saturated heterocycles. The molecule has 0 unspecified atom stereocenters. The highest BCUT2D eigenvalue weighted by molar-refractivity contribution is 5.66. The first-order chi connectivity index (χ1) is 12.4. The average molecular weight is 370 g/mol. The lowest BCUT2D eigenvalue weighted by Crippen LogP contribution is -2.25. The molecule has 0 aliphatic carbocycles. The summed E-state index contributed by atoms with van der Waals surface area (Å²) in [6, 6.07) is 0. The largest absolute Gasteiger partial charge is 0.481 e. The first kappa shape index (κ1) is 22.8. The highest BCUT2D eigenvalue weighted by atomic mass is 16.5. The van der Waals surface area contributed by atoms with E-state index in [2.05, 4.69) is 6.92 Å². The molecule has 6 nitrogen and oxygen atoms in total. The molecule has 1 heterocycles. The molecular weight excluding hydrogens is 336 g/mol. The van der Waals surface area contributed by atoms with Crippen molar-refractivity contribution in [3.05, 3.63) is 24.3 Å². The highest BCUT2D eigenvalue weighted by Gasteiger charge is 2.35. The Kier molecular flexibility index (Phi) is 11.4. The van der Waals surface area contributed by atoms with Crippen molar-refractivity contribution in [2.24, 2.45) is 0 Å². The van der Waals surface area contributed by atoms with Crippen LogP contribution in [0.1, 0.15) is 64.7 Å². The summed E-state index contributed by atoms with van der Waals surface area (Å²) in [5, 5.41) is 38.7. The van der Waals surface area contributed by atoms with E-state index in [1.165, 1.54) is 0 Å². The smallest absolute Gasteiger partial charge is 0.303 e. The average Bonchev–Trinajstić information content (AvgIpc) is 2.97. The van der Waals surface area contributed by atoms with E-state index >= 15 is 0 Å². The molecule has 0 radical (unpaired) electrons. The molecule has 150 valence electrons. The maximum atomic E-state index is 10.4. The molecule has 5 atom stereocenters. The Labute approximate surface area is 156 Å². The van der Waals surface area contributed by atoms with Crippen LogP contribution in [-0.4, -0.2) is 56.9 Å². The fourth-order valence-electron chi connectivity index (χ4n) is 2.96. The van der Waals surface area contributed by atoms with Gasteiger partial charge in [0.2, 0.25) is 0 Å². The van der Waals surface area contributed by atoms with Gasteiger partial charge in [0.1, 0.15) is 6.10 Å². The Balaban J connectivity index is 2.30. The minimum atomic E-state index is -0.804. The van der Waals surface area contributed by atoms with Gasteiger partial charge < -0.3 is 25.2 Å². The second-order valence-corrected chi connectivity index (χ2v) is 6.95. The number of aliphatic hydroxyl groups excluding tert-OH is 3. The third-order valence-corrected chi connectivity index (χ3v) is 4.55. The lowest BCUT2D eigenvalue weighted by Gasteiger charge is -2.16. The van der Waals surface area contributed by atoms with Crippen LogP contribution in [0.5, 0.6) is 0 Å². The molecule has 0 saturated carbocycles. The number of carboxylic acids is 1. The Morgan fingerprint density at radius 2 is 2.00 bits per heavy atom. The van der Waals surface area contributed by atoms with Crippen molar-refractivity contribution in [1.29, 1.82) is 0 Å². The van der Waals surface area contributed by atoms with E-state index in [9.17, 15) is 20.1 Å². The normalized spacial score (nSPS) is 25.9. The molecule has 0 aromatic rings. The number of hydrogen-bond acceptors (Lipinski definition) is 5. The van der Waals surface area contributed by atoms with Crippen molar-refractivity contribution < 1.29 is 30.0 Å². The molecule has 1 aliphatic rings. The summed E-state index contributed by atoms with van der Waals surface area (Å²) in [5.74, 6) is -0.804. The van der Waals surface area contributed by atoms with Crippen molar-refractivity contribution in [2.45, 2.75) is 95.2 Å². The van der Waals surface area contributed by atoms with Crippen molar-refractivity contribution in [1.82, 2.24) is 0 Å². The quantitative estimate of drug-likeness (QED) is 0.293. The molecule has 1 rings (SSSR count). The summed E-state index contributed by atoms with van der Waals surface area (Å²) in [5.41, 5.74) is 0. The summed E-state index contributed by atoms with van der Waals surface area (Å²) in [6.45, 7) is 2.11. The molecule has 1 aliphatic heterocycles. The molecule has 0 bridgehead atoms. The minimum Gasteiger partial charge on any atom is -0.481 e. The molecule has 0 aromatic carbocycles. The monoisotopic (exact) mass is 370 g/mol. The zero-order valence-corrected chi connectivity index (χ0v) is 15.7. The Hall–Kier alpha value is -1.21. The number of hydrogen-bond donors (Lipinski definition) is 4. The molecule has 1 fully saturated rings. The third-order valence-electron chi connectivity index (χ3n) is 4.55. The second kappa shape index (κ2) is 13.0. The van der Waals surface area contributed by atoms with Gasteiger partial charge in [-0.3, -0.25) is 4.79 Å². The summed E-state index contributed by atoms with van der Waals surface area (Å²) in [7, 11) is 0. The molecule has 26 heavy (non-hydrogen) atoms. The van der Waals surface area contributed by atoms with Crippen LogP contribution in [0.25, 0.3) is 0 Å². The van der Waals surface area contributed by atoms with Gasteiger partial charge in [0, 0.05) is 12.8 Å². The van der Waals surface area contributed by atoms with Crippen molar-refractivity contribution in [2.75, 3.05) is 0 Å². The van der Waals surface area contributed by atoms with E-state index in [1.54, 1.807) is 12.2 Å². The summed E-state index contributed by atoms with van der Waals surface area (Å²) < 4.78 is 5.71. The predicted molar refractivity (Wildman–Crippen MR) is 99.8 cm³/mol. The standard InChI is InChI=1S/C20H34O6/c1-2-3-6-9-15(21)12-13-18-17(23)14-19(26-18)16(22)10-7-4-5-8-11-20(24)25/h4,7,12-13,15-19,21-23H,2-3,5-6,8-11,14H2,1H3,(H,24,25)/b7-4-,13-12+/t15-,16+,17+,18+,19-/m1/s1. The fraction of sp³-hybridized carbons (Fsp3) is 0.750. The molecule has 0 spiro atoms. The van der Waals surface area contributed by atoms with Gasteiger partial charge in [-0.15, -0.1) is 0 Å². The molecule has 6 heteroatoms.